The van der Waals surface area contributed by atoms with Gasteiger partial charge in [-0.15, -0.1) is 0 Å². The summed E-state index contributed by atoms with van der Waals surface area (Å²) in [7, 11) is 2.12. The second kappa shape index (κ2) is 4.78. The van der Waals surface area contributed by atoms with E-state index in [1.807, 2.05) is 10.7 Å². The van der Waals surface area contributed by atoms with Gasteiger partial charge in [-0.05, 0) is 39.3 Å². The fourth-order valence-corrected chi connectivity index (χ4v) is 2.68. The van der Waals surface area contributed by atoms with Gasteiger partial charge in [-0.3, -0.25) is 4.68 Å². The largest absolute Gasteiger partial charge is 0.383 e. The van der Waals surface area contributed by atoms with E-state index in [-0.39, 0.29) is 0 Å². The minimum absolute atomic E-state index is 0.415. The zero-order valence-corrected chi connectivity index (χ0v) is 11.1. The van der Waals surface area contributed by atoms with E-state index < -0.39 is 5.60 Å². The average Bonchev–Trinajstić information content (AvgIpc) is 2.74. The minimum Gasteiger partial charge on any atom is -0.383 e. The molecule has 1 aromatic rings. The van der Waals surface area contributed by atoms with Crippen LogP contribution >= 0.6 is 0 Å². The van der Waals surface area contributed by atoms with Crippen LogP contribution in [0.2, 0.25) is 0 Å². The molecule has 4 nitrogen and oxygen atoms in total. The van der Waals surface area contributed by atoms with Crippen LogP contribution in [0.5, 0.6) is 0 Å². The Bertz CT molecular complexity index is 376. The van der Waals surface area contributed by atoms with Crippen molar-refractivity contribution in [3.8, 4) is 0 Å². The van der Waals surface area contributed by atoms with Gasteiger partial charge in [-0.2, -0.15) is 5.10 Å². The number of hydrogen-bond donors (Lipinski definition) is 1. The van der Waals surface area contributed by atoms with E-state index in [1.54, 1.807) is 6.20 Å². The summed E-state index contributed by atoms with van der Waals surface area (Å²) in [6.45, 7) is 6.13. The highest BCUT2D eigenvalue weighted by atomic mass is 16.3. The maximum Gasteiger partial charge on any atom is 0.109 e. The summed E-state index contributed by atoms with van der Waals surface area (Å²) in [6, 6.07) is 2.38. The lowest BCUT2D eigenvalue weighted by Gasteiger charge is -2.41. The second-order valence-electron chi connectivity index (χ2n) is 5.25. The summed E-state index contributed by atoms with van der Waals surface area (Å²) < 4.78 is 1.96. The molecule has 1 saturated heterocycles. The Balaban J connectivity index is 2.22. The molecule has 0 amide bonds. The first-order chi connectivity index (χ1) is 8.07. The summed E-state index contributed by atoms with van der Waals surface area (Å²) in [5.41, 5.74) is 0.289. The van der Waals surface area contributed by atoms with Crippen LogP contribution in [0.4, 0.5) is 0 Å². The highest BCUT2D eigenvalue weighted by Crippen LogP contribution is 2.35. The summed E-state index contributed by atoms with van der Waals surface area (Å²) >= 11 is 0. The van der Waals surface area contributed by atoms with Crippen molar-refractivity contribution in [3.05, 3.63) is 18.0 Å². The summed E-state index contributed by atoms with van der Waals surface area (Å²) in [4.78, 5) is 2.30. The number of rotatable bonds is 3. The molecule has 0 saturated carbocycles. The van der Waals surface area contributed by atoms with Crippen LogP contribution in [0.3, 0.4) is 0 Å². The first-order valence-corrected chi connectivity index (χ1v) is 6.52. The average molecular weight is 237 g/mol. The van der Waals surface area contributed by atoms with Crippen LogP contribution in [0.1, 0.15) is 38.8 Å². The maximum atomic E-state index is 10.8. The van der Waals surface area contributed by atoms with E-state index >= 15 is 0 Å². The van der Waals surface area contributed by atoms with Crippen molar-refractivity contribution in [1.82, 2.24) is 14.7 Å². The van der Waals surface area contributed by atoms with Crippen LogP contribution < -0.4 is 0 Å². The highest BCUT2D eigenvalue weighted by Gasteiger charge is 2.38. The lowest BCUT2D eigenvalue weighted by atomic mass is 9.84. The number of aryl methyl sites for hydroxylation is 1. The first kappa shape index (κ1) is 12.6. The smallest absolute Gasteiger partial charge is 0.109 e. The van der Waals surface area contributed by atoms with E-state index in [0.717, 1.165) is 38.0 Å². The molecule has 1 aliphatic heterocycles. The minimum atomic E-state index is -0.697. The molecular formula is C13H23N3O. The number of aliphatic hydroxyl groups is 1. The Morgan fingerprint density at radius 3 is 3.00 bits per heavy atom. The van der Waals surface area contributed by atoms with E-state index in [4.69, 9.17) is 0 Å². The number of aromatic nitrogens is 2. The Kier molecular flexibility index (Phi) is 3.54. The standard InChI is InChI=1S/C13H23N3O/c1-4-8-16-12(5-7-14-16)13(17)6-9-15(3)11(2)10-13/h5,7,11,17H,4,6,8-10H2,1-3H3. The van der Waals surface area contributed by atoms with Crippen LogP contribution in [-0.4, -0.2) is 39.4 Å². The normalized spacial score (nSPS) is 30.7. The summed E-state index contributed by atoms with van der Waals surface area (Å²) in [5.74, 6) is 0. The zero-order chi connectivity index (χ0) is 12.5. The molecule has 2 unspecified atom stereocenters. The van der Waals surface area contributed by atoms with Gasteiger partial charge >= 0.3 is 0 Å². The molecule has 1 aliphatic rings. The number of nitrogens with zero attached hydrogens (tertiary/aromatic N) is 3. The van der Waals surface area contributed by atoms with Gasteiger partial charge in [0.1, 0.15) is 5.60 Å². The molecule has 2 atom stereocenters. The molecule has 1 aromatic heterocycles. The lowest BCUT2D eigenvalue weighted by molar-refractivity contribution is -0.0472. The zero-order valence-electron chi connectivity index (χ0n) is 11.1. The monoisotopic (exact) mass is 237 g/mol. The van der Waals surface area contributed by atoms with Gasteiger partial charge in [0.2, 0.25) is 0 Å². The van der Waals surface area contributed by atoms with Crippen molar-refractivity contribution in [2.24, 2.45) is 0 Å². The first-order valence-electron chi connectivity index (χ1n) is 6.52. The van der Waals surface area contributed by atoms with Gasteiger partial charge < -0.3 is 10.0 Å². The third kappa shape index (κ3) is 2.38. The summed E-state index contributed by atoms with van der Waals surface area (Å²) in [6.07, 6.45) is 4.42. The Morgan fingerprint density at radius 2 is 2.35 bits per heavy atom. The quantitative estimate of drug-likeness (QED) is 0.868. The Morgan fingerprint density at radius 1 is 1.59 bits per heavy atom. The van der Waals surface area contributed by atoms with E-state index in [9.17, 15) is 5.11 Å². The van der Waals surface area contributed by atoms with Crippen LogP contribution in [-0.2, 0) is 12.1 Å². The highest BCUT2D eigenvalue weighted by molar-refractivity contribution is 5.14. The molecule has 0 aromatic carbocycles. The number of likely N-dealkylation sites (tertiary alicyclic amines) is 1. The van der Waals surface area contributed by atoms with Gasteiger partial charge in [-0.1, -0.05) is 6.92 Å². The molecule has 4 heteroatoms. The predicted octanol–water partition coefficient (Wildman–Crippen LogP) is 1.59. The van der Waals surface area contributed by atoms with Gasteiger partial charge in [0.05, 0.1) is 5.69 Å². The molecule has 1 fully saturated rings. The third-order valence-corrected chi connectivity index (χ3v) is 3.89. The molecule has 2 rings (SSSR count). The van der Waals surface area contributed by atoms with Crippen molar-refractivity contribution in [2.75, 3.05) is 13.6 Å². The van der Waals surface area contributed by atoms with Crippen molar-refractivity contribution in [2.45, 2.75) is 51.3 Å². The van der Waals surface area contributed by atoms with Crippen molar-refractivity contribution in [3.63, 3.8) is 0 Å². The molecule has 0 spiro atoms. The van der Waals surface area contributed by atoms with Crippen LogP contribution in [0.25, 0.3) is 0 Å². The van der Waals surface area contributed by atoms with E-state index in [1.165, 1.54) is 0 Å². The molecule has 96 valence electrons. The number of piperidine rings is 1. The van der Waals surface area contributed by atoms with Gasteiger partial charge in [-0.25, -0.2) is 0 Å². The van der Waals surface area contributed by atoms with Crippen molar-refractivity contribution >= 4 is 0 Å². The van der Waals surface area contributed by atoms with Gasteiger partial charge in [0, 0.05) is 25.3 Å². The van der Waals surface area contributed by atoms with Gasteiger partial charge in [0.25, 0.3) is 0 Å². The van der Waals surface area contributed by atoms with Crippen LogP contribution in [0, 0.1) is 0 Å². The fraction of sp³-hybridized carbons (Fsp3) is 0.769. The summed E-state index contributed by atoms with van der Waals surface area (Å²) in [5, 5.41) is 15.2. The topological polar surface area (TPSA) is 41.3 Å². The Labute approximate surface area is 103 Å². The second-order valence-corrected chi connectivity index (χ2v) is 5.25. The molecule has 0 aliphatic carbocycles. The van der Waals surface area contributed by atoms with E-state index in [2.05, 4.69) is 30.9 Å². The molecular weight excluding hydrogens is 214 g/mol. The van der Waals surface area contributed by atoms with Crippen LogP contribution in [0.15, 0.2) is 12.3 Å². The molecule has 1 N–H and O–H groups in total. The Hall–Kier alpha value is -0.870. The molecule has 2 heterocycles. The van der Waals surface area contributed by atoms with Gasteiger partial charge in [0.15, 0.2) is 0 Å². The SMILES string of the molecule is CCCn1nccc1C1(O)CCN(C)C(C)C1. The maximum absolute atomic E-state index is 10.8. The molecule has 0 bridgehead atoms. The predicted molar refractivity (Wildman–Crippen MR) is 67.7 cm³/mol. The number of hydrogen-bond acceptors (Lipinski definition) is 3. The van der Waals surface area contributed by atoms with E-state index in [0.29, 0.717) is 6.04 Å². The lowest BCUT2D eigenvalue weighted by Crippen LogP contribution is -2.46. The fourth-order valence-electron chi connectivity index (χ4n) is 2.68. The molecule has 0 radical (unpaired) electrons. The molecule has 17 heavy (non-hydrogen) atoms. The third-order valence-electron chi connectivity index (χ3n) is 3.89. The van der Waals surface area contributed by atoms with Crippen molar-refractivity contribution < 1.29 is 5.11 Å². The van der Waals surface area contributed by atoms with Crippen molar-refractivity contribution in [1.29, 1.82) is 0 Å².